The van der Waals surface area contributed by atoms with E-state index in [4.69, 9.17) is 0 Å². The van der Waals surface area contributed by atoms with Gasteiger partial charge in [-0.2, -0.15) is 0 Å². The predicted molar refractivity (Wildman–Crippen MR) is 64.5 cm³/mol. The molecule has 1 saturated carbocycles. The summed E-state index contributed by atoms with van der Waals surface area (Å²) in [6, 6.07) is 7.78. The lowest BCUT2D eigenvalue weighted by atomic mass is 9.77. The van der Waals surface area contributed by atoms with E-state index in [0.29, 0.717) is 11.2 Å². The van der Waals surface area contributed by atoms with Crippen LogP contribution in [0.2, 0.25) is 0 Å². The summed E-state index contributed by atoms with van der Waals surface area (Å²) in [7, 11) is 0. The van der Waals surface area contributed by atoms with Crippen molar-refractivity contribution in [2.24, 2.45) is 11.3 Å². The fourth-order valence-electron chi connectivity index (χ4n) is 3.49. The monoisotopic (exact) mass is 217 g/mol. The minimum Gasteiger partial charge on any atom is -0.508 e. The second kappa shape index (κ2) is 3.77. The molecule has 16 heavy (non-hydrogen) atoms. The molecule has 0 radical (unpaired) electrons. The zero-order chi connectivity index (χ0) is 11.0. The molecule has 2 bridgehead atoms. The topological polar surface area (TPSA) is 32.3 Å². The van der Waals surface area contributed by atoms with E-state index < -0.39 is 0 Å². The maximum atomic E-state index is 9.84. The van der Waals surface area contributed by atoms with E-state index in [9.17, 15) is 5.11 Å². The third kappa shape index (κ3) is 1.71. The fourth-order valence-corrected chi connectivity index (χ4v) is 3.49. The molecular weight excluding hydrogens is 198 g/mol. The Balaban J connectivity index is 1.82. The van der Waals surface area contributed by atoms with E-state index >= 15 is 0 Å². The number of hydrogen-bond acceptors (Lipinski definition) is 2. The van der Waals surface area contributed by atoms with Gasteiger partial charge in [0.15, 0.2) is 0 Å². The number of rotatable bonds is 2. The minimum atomic E-state index is 0.418. The van der Waals surface area contributed by atoms with Crippen molar-refractivity contribution in [3.05, 3.63) is 29.8 Å². The van der Waals surface area contributed by atoms with Gasteiger partial charge in [-0.3, -0.25) is 0 Å². The van der Waals surface area contributed by atoms with Crippen LogP contribution in [0.15, 0.2) is 24.3 Å². The summed E-state index contributed by atoms with van der Waals surface area (Å²) in [5, 5.41) is 13.4. The van der Waals surface area contributed by atoms with E-state index in [1.54, 1.807) is 6.07 Å². The molecule has 1 saturated heterocycles. The summed E-state index contributed by atoms with van der Waals surface area (Å²) >= 11 is 0. The average Bonchev–Trinajstić information content (AvgIpc) is 2.58. The van der Waals surface area contributed by atoms with Crippen LogP contribution in [0.25, 0.3) is 0 Å². The quantitative estimate of drug-likeness (QED) is 0.797. The Morgan fingerprint density at radius 2 is 2.25 bits per heavy atom. The van der Waals surface area contributed by atoms with Crippen LogP contribution in [-0.2, 0) is 6.42 Å². The van der Waals surface area contributed by atoms with Gasteiger partial charge in [0.1, 0.15) is 5.75 Å². The molecule has 0 amide bonds. The second-order valence-corrected chi connectivity index (χ2v) is 5.55. The summed E-state index contributed by atoms with van der Waals surface area (Å²) in [6.07, 6.45) is 5.05. The molecule has 2 atom stereocenters. The normalized spacial score (nSPS) is 32.9. The first kappa shape index (κ1) is 10.2. The van der Waals surface area contributed by atoms with Gasteiger partial charge in [0.25, 0.3) is 0 Å². The number of nitrogens with one attached hydrogen (secondary N) is 1. The van der Waals surface area contributed by atoms with Crippen LogP contribution in [0.4, 0.5) is 0 Å². The first-order valence-electron chi connectivity index (χ1n) is 6.25. The Hall–Kier alpha value is -1.02. The lowest BCUT2D eigenvalue weighted by molar-refractivity contribution is 0.227. The molecule has 0 aromatic heterocycles. The van der Waals surface area contributed by atoms with E-state index in [2.05, 4.69) is 11.4 Å². The van der Waals surface area contributed by atoms with Crippen molar-refractivity contribution in [2.45, 2.75) is 25.7 Å². The highest BCUT2D eigenvalue weighted by Gasteiger charge is 2.42. The maximum Gasteiger partial charge on any atom is 0.118 e. The summed E-state index contributed by atoms with van der Waals surface area (Å²) in [5.74, 6) is 1.34. The molecule has 2 fully saturated rings. The van der Waals surface area contributed by atoms with Gasteiger partial charge in [-0.25, -0.2) is 0 Å². The van der Waals surface area contributed by atoms with Crippen LogP contribution in [-0.4, -0.2) is 18.2 Å². The highest BCUT2D eigenvalue weighted by atomic mass is 16.3. The Labute approximate surface area is 96.7 Å². The molecule has 2 aliphatic rings. The zero-order valence-electron chi connectivity index (χ0n) is 9.58. The molecule has 1 aliphatic heterocycles. The molecule has 1 heterocycles. The molecule has 1 aliphatic carbocycles. The molecule has 1 aromatic rings. The van der Waals surface area contributed by atoms with E-state index in [1.165, 1.54) is 25.8 Å². The first-order chi connectivity index (χ1) is 7.77. The standard InChI is InChI=1S/C14H19NO/c16-13-4-2-1-3-12(13)8-14-6-5-11(7-14)9-15-10-14/h1-4,11,15-16H,5-10H2. The van der Waals surface area contributed by atoms with Crippen LogP contribution >= 0.6 is 0 Å². The van der Waals surface area contributed by atoms with Crippen molar-refractivity contribution >= 4 is 0 Å². The number of phenols is 1. The minimum absolute atomic E-state index is 0.418. The Bertz CT molecular complexity index is 386. The highest BCUT2D eigenvalue weighted by Crippen LogP contribution is 2.46. The third-order valence-electron chi connectivity index (χ3n) is 4.29. The Kier molecular flexibility index (Phi) is 2.40. The molecule has 2 N–H and O–H groups in total. The van der Waals surface area contributed by atoms with E-state index in [1.807, 2.05) is 12.1 Å². The Morgan fingerprint density at radius 1 is 1.38 bits per heavy atom. The number of piperidine rings is 1. The third-order valence-corrected chi connectivity index (χ3v) is 4.29. The summed E-state index contributed by atoms with van der Waals surface area (Å²) in [4.78, 5) is 0. The van der Waals surface area contributed by atoms with Gasteiger partial charge in [0, 0.05) is 6.54 Å². The van der Waals surface area contributed by atoms with Gasteiger partial charge in [-0.15, -0.1) is 0 Å². The first-order valence-corrected chi connectivity index (χ1v) is 6.25. The molecule has 3 rings (SSSR count). The molecule has 86 valence electrons. The van der Waals surface area contributed by atoms with Gasteiger partial charge in [0.05, 0.1) is 0 Å². The van der Waals surface area contributed by atoms with E-state index in [0.717, 1.165) is 24.4 Å². The summed E-state index contributed by atoms with van der Waals surface area (Å²) in [6.45, 7) is 2.32. The average molecular weight is 217 g/mol. The van der Waals surface area contributed by atoms with Crippen LogP contribution in [0.3, 0.4) is 0 Å². The lowest BCUT2D eigenvalue weighted by Gasteiger charge is -2.34. The number of hydrogen-bond donors (Lipinski definition) is 2. The van der Waals surface area contributed by atoms with Gasteiger partial charge in [-0.1, -0.05) is 18.2 Å². The molecule has 2 unspecified atom stereocenters. The van der Waals surface area contributed by atoms with Crippen LogP contribution in [0.1, 0.15) is 24.8 Å². The van der Waals surface area contributed by atoms with Gasteiger partial charge < -0.3 is 10.4 Å². The van der Waals surface area contributed by atoms with Crippen molar-refractivity contribution < 1.29 is 5.11 Å². The molecular formula is C14H19NO. The van der Waals surface area contributed by atoms with Crippen molar-refractivity contribution in [2.75, 3.05) is 13.1 Å². The number of phenolic OH excluding ortho intramolecular Hbond substituents is 1. The molecule has 0 spiro atoms. The Morgan fingerprint density at radius 3 is 3.12 bits per heavy atom. The summed E-state index contributed by atoms with van der Waals surface area (Å²) in [5.41, 5.74) is 1.54. The number of benzene rings is 1. The molecule has 1 aromatic carbocycles. The number of fused-ring (bicyclic) bond motifs is 2. The van der Waals surface area contributed by atoms with Gasteiger partial charge in [0.2, 0.25) is 0 Å². The van der Waals surface area contributed by atoms with E-state index in [-0.39, 0.29) is 0 Å². The van der Waals surface area contributed by atoms with Crippen LogP contribution in [0, 0.1) is 11.3 Å². The van der Waals surface area contributed by atoms with Crippen LogP contribution in [0.5, 0.6) is 5.75 Å². The van der Waals surface area contributed by atoms with Crippen LogP contribution < -0.4 is 5.32 Å². The summed E-state index contributed by atoms with van der Waals surface area (Å²) < 4.78 is 0. The predicted octanol–water partition coefficient (Wildman–Crippen LogP) is 2.32. The van der Waals surface area contributed by atoms with Gasteiger partial charge in [-0.05, 0) is 55.2 Å². The van der Waals surface area contributed by atoms with Crippen molar-refractivity contribution in [3.63, 3.8) is 0 Å². The second-order valence-electron chi connectivity index (χ2n) is 5.55. The molecule has 2 nitrogen and oxygen atoms in total. The van der Waals surface area contributed by atoms with Crippen molar-refractivity contribution in [3.8, 4) is 5.75 Å². The number of para-hydroxylation sites is 1. The molecule has 2 heteroatoms. The maximum absolute atomic E-state index is 9.84. The number of aromatic hydroxyl groups is 1. The van der Waals surface area contributed by atoms with Crippen molar-refractivity contribution in [1.29, 1.82) is 0 Å². The van der Waals surface area contributed by atoms with Crippen molar-refractivity contribution in [1.82, 2.24) is 5.32 Å². The van der Waals surface area contributed by atoms with Gasteiger partial charge >= 0.3 is 0 Å². The SMILES string of the molecule is Oc1ccccc1CC12CCC(CNC1)C2. The fraction of sp³-hybridized carbons (Fsp3) is 0.571. The smallest absolute Gasteiger partial charge is 0.118 e. The lowest BCUT2D eigenvalue weighted by Crippen LogP contribution is -2.40. The largest absolute Gasteiger partial charge is 0.508 e. The highest BCUT2D eigenvalue weighted by molar-refractivity contribution is 5.33. The zero-order valence-corrected chi connectivity index (χ0v) is 9.58.